The van der Waals surface area contributed by atoms with Gasteiger partial charge in [-0.3, -0.25) is 14.5 Å². The van der Waals surface area contributed by atoms with Crippen LogP contribution in [-0.4, -0.2) is 18.9 Å². The average molecular weight is 515 g/mol. The molecular weight excluding hydrogens is 493 g/mol. The molecule has 0 saturated carbocycles. The smallest absolute Gasteiger partial charge is 0.294 e. The van der Waals surface area contributed by atoms with E-state index >= 15 is 0 Å². The second kappa shape index (κ2) is 9.25. The highest BCUT2D eigenvalue weighted by Crippen LogP contribution is 2.30. The summed E-state index contributed by atoms with van der Waals surface area (Å²) in [6.45, 7) is 2.16. The van der Waals surface area contributed by atoms with Crippen LogP contribution in [0.2, 0.25) is 0 Å². The molecule has 6 nitrogen and oxygen atoms in total. The van der Waals surface area contributed by atoms with E-state index in [-0.39, 0.29) is 42.3 Å². The van der Waals surface area contributed by atoms with Crippen molar-refractivity contribution in [1.82, 2.24) is 0 Å². The Balaban J connectivity index is 0.00000256. The number of aryl methyl sites for hydroxylation is 1. The van der Waals surface area contributed by atoms with Crippen molar-refractivity contribution in [1.29, 1.82) is 0 Å². The van der Waals surface area contributed by atoms with E-state index in [0.29, 0.717) is 17.1 Å². The highest BCUT2D eigenvalue weighted by Gasteiger charge is 2.43. The predicted molar refractivity (Wildman–Crippen MR) is 110 cm³/mol. The lowest BCUT2D eigenvalue weighted by atomic mass is 10.0. The van der Waals surface area contributed by atoms with Crippen LogP contribution < -0.4 is 43.5 Å². The number of amides is 2. The molecule has 4 rings (SSSR count). The number of anilines is 2. The third-order valence-electron chi connectivity index (χ3n) is 4.97. The Bertz CT molecular complexity index is 1070. The summed E-state index contributed by atoms with van der Waals surface area (Å²) in [5, 5.41) is 2.94. The summed E-state index contributed by atoms with van der Waals surface area (Å²) in [7, 11) is 1.59. The Morgan fingerprint density at radius 2 is 1.87 bits per heavy atom. The van der Waals surface area contributed by atoms with E-state index in [1.807, 2.05) is 60.2 Å². The first-order valence-corrected chi connectivity index (χ1v) is 9.39. The molecule has 1 atom stereocenters. The molecule has 3 aromatic rings. The Morgan fingerprint density at radius 3 is 2.57 bits per heavy atom. The zero-order valence-corrected chi connectivity index (χ0v) is 18.9. The lowest BCUT2D eigenvalue weighted by molar-refractivity contribution is -0.695. The number of nitrogens with zero attached hydrogens (tertiary/aromatic N) is 2. The van der Waals surface area contributed by atoms with E-state index < -0.39 is 6.04 Å². The molecule has 0 bridgehead atoms. The number of hydrogen-bond donors (Lipinski definition) is 1. The molecule has 1 N–H and O–H groups in total. The molecule has 2 amide bonds. The van der Waals surface area contributed by atoms with Gasteiger partial charge in [-0.05, 0) is 48.9 Å². The summed E-state index contributed by atoms with van der Waals surface area (Å²) < 4.78 is 6.99. The third kappa shape index (κ3) is 4.30. The second-order valence-electron chi connectivity index (χ2n) is 6.98. The molecule has 0 fully saturated rings. The van der Waals surface area contributed by atoms with Crippen LogP contribution in [0.15, 0.2) is 72.9 Å². The summed E-state index contributed by atoms with van der Waals surface area (Å²) >= 11 is 0. The van der Waals surface area contributed by atoms with Gasteiger partial charge in [-0.2, -0.15) is 4.57 Å². The third-order valence-corrected chi connectivity index (χ3v) is 4.97. The van der Waals surface area contributed by atoms with Crippen LogP contribution in [0.5, 0.6) is 5.75 Å². The molecule has 7 heteroatoms. The van der Waals surface area contributed by atoms with E-state index in [0.717, 1.165) is 11.3 Å². The van der Waals surface area contributed by atoms with Gasteiger partial charge < -0.3 is 34.0 Å². The van der Waals surface area contributed by atoms with Crippen molar-refractivity contribution in [2.75, 3.05) is 17.3 Å². The van der Waals surface area contributed by atoms with Crippen LogP contribution in [0.25, 0.3) is 0 Å². The van der Waals surface area contributed by atoms with E-state index in [2.05, 4.69) is 5.32 Å². The number of hydrogen-bond acceptors (Lipinski definition) is 3. The number of pyridine rings is 1. The Labute approximate surface area is 192 Å². The van der Waals surface area contributed by atoms with Gasteiger partial charge in [0.2, 0.25) is 18.3 Å². The maximum Gasteiger partial charge on any atom is 0.294 e. The SMILES string of the molecule is COc1ccc(NC(=O)C2c3cccc[n+]3CC(=O)N2c2cccc(C)c2)cc1.[I-]. The van der Waals surface area contributed by atoms with Gasteiger partial charge in [0, 0.05) is 23.5 Å². The minimum atomic E-state index is -0.777. The summed E-state index contributed by atoms with van der Waals surface area (Å²) in [5.74, 6) is 0.303. The molecule has 1 aliphatic rings. The number of aromatic nitrogens is 1. The van der Waals surface area contributed by atoms with Crippen LogP contribution in [0, 0.1) is 6.92 Å². The number of rotatable bonds is 4. The highest BCUT2D eigenvalue weighted by atomic mass is 127. The average Bonchev–Trinajstić information content (AvgIpc) is 2.73. The van der Waals surface area contributed by atoms with Gasteiger partial charge in [0.1, 0.15) is 5.75 Å². The predicted octanol–water partition coefficient (Wildman–Crippen LogP) is 0.0217. The summed E-state index contributed by atoms with van der Waals surface area (Å²) in [6, 6.07) is 19.6. The zero-order chi connectivity index (χ0) is 20.4. The van der Waals surface area contributed by atoms with E-state index in [1.165, 1.54) is 0 Å². The molecule has 1 unspecified atom stereocenters. The molecule has 0 radical (unpaired) electrons. The number of methoxy groups -OCH3 is 1. The molecule has 1 aromatic heterocycles. The molecular formula is C23H22IN3O3. The fraction of sp³-hybridized carbons (Fsp3) is 0.174. The number of benzene rings is 2. The quantitative estimate of drug-likeness (QED) is 0.394. The van der Waals surface area contributed by atoms with Crippen molar-refractivity contribution in [3.8, 4) is 5.75 Å². The van der Waals surface area contributed by atoms with Gasteiger partial charge in [-0.15, -0.1) is 0 Å². The minimum Gasteiger partial charge on any atom is -1.00 e. The standard InChI is InChI=1S/C23H21N3O3.HI/c1-16-6-5-7-18(14-16)26-21(27)15-25-13-4-3-8-20(25)22(26)23(28)24-17-9-11-19(29-2)12-10-17;/h3-14,22H,15H2,1-2H3;1H. The van der Waals surface area contributed by atoms with Gasteiger partial charge in [0.05, 0.1) is 7.11 Å². The van der Waals surface area contributed by atoms with Crippen LogP contribution in [0.1, 0.15) is 17.3 Å². The maximum absolute atomic E-state index is 13.3. The maximum atomic E-state index is 13.3. The van der Waals surface area contributed by atoms with E-state index in [1.54, 1.807) is 36.3 Å². The zero-order valence-electron chi connectivity index (χ0n) is 16.7. The molecule has 2 heterocycles. The van der Waals surface area contributed by atoms with Gasteiger partial charge in [0.15, 0.2) is 6.20 Å². The Hall–Kier alpha value is -2.94. The van der Waals surface area contributed by atoms with E-state index in [4.69, 9.17) is 4.74 Å². The van der Waals surface area contributed by atoms with Crippen LogP contribution in [0.3, 0.4) is 0 Å². The van der Waals surface area contributed by atoms with Crippen molar-refractivity contribution in [2.45, 2.75) is 19.5 Å². The van der Waals surface area contributed by atoms with Crippen LogP contribution in [0.4, 0.5) is 11.4 Å². The van der Waals surface area contributed by atoms with E-state index in [9.17, 15) is 9.59 Å². The fourth-order valence-electron chi connectivity index (χ4n) is 3.59. The largest absolute Gasteiger partial charge is 1.00 e. The Morgan fingerprint density at radius 1 is 1.10 bits per heavy atom. The lowest BCUT2D eigenvalue weighted by Gasteiger charge is -2.32. The van der Waals surface area contributed by atoms with Crippen molar-refractivity contribution in [3.63, 3.8) is 0 Å². The van der Waals surface area contributed by atoms with Gasteiger partial charge >= 0.3 is 0 Å². The highest BCUT2D eigenvalue weighted by molar-refractivity contribution is 6.05. The molecule has 0 saturated heterocycles. The lowest BCUT2D eigenvalue weighted by Crippen LogP contribution is -3.00. The van der Waals surface area contributed by atoms with Crippen molar-refractivity contribution in [3.05, 3.63) is 84.2 Å². The summed E-state index contributed by atoms with van der Waals surface area (Å²) in [4.78, 5) is 28.0. The number of ether oxygens (including phenoxy) is 1. The van der Waals surface area contributed by atoms with Gasteiger partial charge in [0.25, 0.3) is 11.8 Å². The summed E-state index contributed by atoms with van der Waals surface area (Å²) in [5.41, 5.74) is 3.14. The topological polar surface area (TPSA) is 62.5 Å². The molecule has 30 heavy (non-hydrogen) atoms. The fourth-order valence-corrected chi connectivity index (χ4v) is 3.59. The van der Waals surface area contributed by atoms with Crippen molar-refractivity contribution >= 4 is 23.2 Å². The first kappa shape index (κ1) is 21.8. The monoisotopic (exact) mass is 515 g/mol. The number of carbonyl (C=O) groups excluding carboxylic acids is 2. The van der Waals surface area contributed by atoms with Crippen LogP contribution >= 0.6 is 0 Å². The van der Waals surface area contributed by atoms with Gasteiger partial charge in [-0.25, -0.2) is 0 Å². The summed E-state index contributed by atoms with van der Waals surface area (Å²) in [6.07, 6.45) is 1.83. The normalized spacial score (nSPS) is 15.1. The first-order chi connectivity index (χ1) is 14.1. The minimum absolute atomic E-state index is 0. The van der Waals surface area contributed by atoms with Crippen molar-refractivity contribution < 1.29 is 42.9 Å². The second-order valence-corrected chi connectivity index (χ2v) is 6.98. The molecule has 0 aliphatic carbocycles. The molecule has 2 aromatic carbocycles. The number of fused-ring (bicyclic) bond motifs is 1. The first-order valence-electron chi connectivity index (χ1n) is 9.39. The number of halogens is 1. The molecule has 0 spiro atoms. The number of carbonyl (C=O) groups is 2. The van der Waals surface area contributed by atoms with Gasteiger partial charge in [-0.1, -0.05) is 18.2 Å². The molecule has 1 aliphatic heterocycles. The Kier molecular flexibility index (Phi) is 6.71. The molecule has 154 valence electrons. The number of nitrogens with one attached hydrogen (secondary N) is 1. The van der Waals surface area contributed by atoms with Crippen LogP contribution in [-0.2, 0) is 16.1 Å². The van der Waals surface area contributed by atoms with Crippen molar-refractivity contribution in [2.24, 2.45) is 0 Å².